The second kappa shape index (κ2) is 3.76. The lowest BCUT2D eigenvalue weighted by molar-refractivity contribution is -0.0442. The molecule has 0 aromatic heterocycles. The molecule has 82 valence electrons. The summed E-state index contributed by atoms with van der Waals surface area (Å²) in [5, 5.41) is 0. The zero-order valence-corrected chi connectivity index (χ0v) is 7.95. The zero-order valence-electron chi connectivity index (χ0n) is 7.13. The van der Waals surface area contributed by atoms with Gasteiger partial charge in [0.25, 0.3) is 0 Å². The average molecular weight is 230 g/mol. The van der Waals surface area contributed by atoms with Crippen LogP contribution in [0.4, 0.5) is 13.2 Å². The molecule has 0 amide bonds. The molecule has 0 spiro atoms. The summed E-state index contributed by atoms with van der Waals surface area (Å²) in [6, 6.07) is 0. The Morgan fingerprint density at radius 3 is 2.36 bits per heavy atom. The maximum Gasteiger partial charge on any atom is 0.516 e. The van der Waals surface area contributed by atoms with Gasteiger partial charge in [0.05, 0.1) is 0 Å². The molecule has 0 saturated heterocycles. The molecule has 0 aromatic carbocycles. The highest BCUT2D eigenvalue weighted by Gasteiger charge is 2.46. The van der Waals surface area contributed by atoms with Crippen LogP contribution < -0.4 is 4.72 Å². The summed E-state index contributed by atoms with van der Waals surface area (Å²) in [7, 11) is -5.28. The van der Waals surface area contributed by atoms with Gasteiger partial charge < -0.3 is 0 Å². The molecule has 0 unspecified atom stereocenters. The van der Waals surface area contributed by atoms with E-state index in [0.717, 1.165) is 6.42 Å². The molecule has 1 aliphatic rings. The van der Waals surface area contributed by atoms with Crippen molar-refractivity contribution in [2.24, 2.45) is 4.99 Å². The lowest BCUT2D eigenvalue weighted by atomic mass is 10.2. The number of alkyl halides is 3. The Balaban J connectivity index is 2.73. The molecule has 0 fully saturated rings. The van der Waals surface area contributed by atoms with E-state index in [1.165, 1.54) is 4.72 Å². The molecule has 14 heavy (non-hydrogen) atoms. The Morgan fingerprint density at radius 1 is 1.29 bits per heavy atom. The predicted molar refractivity (Wildman–Crippen MR) is 44.3 cm³/mol. The minimum absolute atomic E-state index is 0.103. The van der Waals surface area contributed by atoms with Gasteiger partial charge in [-0.25, -0.2) is 0 Å². The molecule has 1 aliphatic heterocycles. The van der Waals surface area contributed by atoms with E-state index >= 15 is 0 Å². The molecule has 0 aliphatic carbocycles. The normalized spacial score (nSPS) is 18.9. The molecule has 0 bridgehead atoms. The molecule has 0 aromatic rings. The summed E-state index contributed by atoms with van der Waals surface area (Å²) in [6.45, 7) is 0.371. The van der Waals surface area contributed by atoms with E-state index in [0.29, 0.717) is 13.0 Å². The minimum atomic E-state index is -5.28. The molecule has 1 N–H and O–H groups in total. The lowest BCUT2D eigenvalue weighted by Crippen LogP contribution is -2.40. The molecule has 0 saturated carbocycles. The largest absolute Gasteiger partial charge is 0.516 e. The highest BCUT2D eigenvalue weighted by Crippen LogP contribution is 2.22. The highest BCUT2D eigenvalue weighted by molar-refractivity contribution is 7.90. The van der Waals surface area contributed by atoms with Crippen molar-refractivity contribution in [2.45, 2.75) is 24.8 Å². The fourth-order valence-electron chi connectivity index (χ4n) is 0.994. The summed E-state index contributed by atoms with van der Waals surface area (Å²) in [5.74, 6) is -0.103. The van der Waals surface area contributed by atoms with Crippen LogP contribution in [0, 0.1) is 0 Å². The van der Waals surface area contributed by atoms with Crippen LogP contribution in [0.5, 0.6) is 0 Å². The Hall–Kier alpha value is -0.790. The predicted octanol–water partition coefficient (Wildman–Crippen LogP) is 1.01. The first-order valence-electron chi connectivity index (χ1n) is 3.95. The summed E-state index contributed by atoms with van der Waals surface area (Å²) in [5.41, 5.74) is -5.27. The van der Waals surface area contributed by atoms with Crippen molar-refractivity contribution < 1.29 is 21.6 Å². The number of nitrogens with one attached hydrogen (secondary N) is 1. The molecular formula is C6H9F3N2O2S. The number of rotatable bonds is 1. The SMILES string of the molecule is O=S(=O)(NC1=NCCCC1)C(F)(F)F. The van der Waals surface area contributed by atoms with Crippen LogP contribution in [0.3, 0.4) is 0 Å². The summed E-state index contributed by atoms with van der Waals surface area (Å²) in [4.78, 5) is 3.65. The maximum atomic E-state index is 11.9. The van der Waals surface area contributed by atoms with E-state index in [2.05, 4.69) is 4.99 Å². The van der Waals surface area contributed by atoms with Crippen LogP contribution in [0.15, 0.2) is 4.99 Å². The van der Waals surface area contributed by atoms with Crippen molar-refractivity contribution in [2.75, 3.05) is 6.54 Å². The average Bonchev–Trinajstić information content (AvgIpc) is 2.03. The Labute approximate surface area is 79.3 Å². The Bertz CT molecular complexity index is 333. The van der Waals surface area contributed by atoms with Crippen LogP contribution >= 0.6 is 0 Å². The third-order valence-electron chi connectivity index (χ3n) is 1.68. The van der Waals surface area contributed by atoms with Gasteiger partial charge in [-0.3, -0.25) is 9.71 Å². The third-order valence-corrected chi connectivity index (χ3v) is 2.80. The van der Waals surface area contributed by atoms with E-state index in [9.17, 15) is 21.6 Å². The molecular weight excluding hydrogens is 221 g/mol. The van der Waals surface area contributed by atoms with Crippen LogP contribution in [0.1, 0.15) is 19.3 Å². The maximum absolute atomic E-state index is 11.9. The van der Waals surface area contributed by atoms with E-state index < -0.39 is 15.5 Å². The van der Waals surface area contributed by atoms with Gasteiger partial charge in [-0.15, -0.1) is 0 Å². The summed E-state index contributed by atoms with van der Waals surface area (Å²) in [6.07, 6.45) is 1.67. The quantitative estimate of drug-likeness (QED) is 0.730. The lowest BCUT2D eigenvalue weighted by Gasteiger charge is -2.15. The first-order valence-corrected chi connectivity index (χ1v) is 5.44. The smallest absolute Gasteiger partial charge is 0.272 e. The van der Waals surface area contributed by atoms with Crippen molar-refractivity contribution in [3.63, 3.8) is 0 Å². The fraction of sp³-hybridized carbons (Fsp3) is 0.833. The van der Waals surface area contributed by atoms with Crippen molar-refractivity contribution in [1.29, 1.82) is 0 Å². The highest BCUT2D eigenvalue weighted by atomic mass is 32.2. The number of nitrogens with zero attached hydrogens (tertiary/aromatic N) is 1. The second-order valence-corrected chi connectivity index (χ2v) is 4.51. The van der Waals surface area contributed by atoms with Crippen LogP contribution in [0.25, 0.3) is 0 Å². The van der Waals surface area contributed by atoms with Crippen LogP contribution in [-0.2, 0) is 10.0 Å². The number of hydrogen-bond donors (Lipinski definition) is 1. The van der Waals surface area contributed by atoms with Gasteiger partial charge in [-0.1, -0.05) is 0 Å². The minimum Gasteiger partial charge on any atom is -0.272 e. The summed E-state index contributed by atoms with van der Waals surface area (Å²) < 4.78 is 58.3. The van der Waals surface area contributed by atoms with E-state index in [-0.39, 0.29) is 12.3 Å². The van der Waals surface area contributed by atoms with Gasteiger partial charge in [0, 0.05) is 13.0 Å². The summed E-state index contributed by atoms with van der Waals surface area (Å²) >= 11 is 0. The molecule has 0 atom stereocenters. The van der Waals surface area contributed by atoms with Crippen molar-refractivity contribution in [1.82, 2.24) is 4.72 Å². The molecule has 1 heterocycles. The van der Waals surface area contributed by atoms with Crippen LogP contribution in [0.2, 0.25) is 0 Å². The standard InChI is InChI=1S/C6H9F3N2O2S/c7-6(8,9)14(12,13)11-5-3-1-2-4-10-5/h1-4H2,(H,10,11). The van der Waals surface area contributed by atoms with Gasteiger partial charge in [0.15, 0.2) is 0 Å². The van der Waals surface area contributed by atoms with Crippen molar-refractivity contribution >= 4 is 15.9 Å². The Morgan fingerprint density at radius 2 is 1.93 bits per heavy atom. The topological polar surface area (TPSA) is 58.5 Å². The molecule has 0 radical (unpaired) electrons. The van der Waals surface area contributed by atoms with Crippen LogP contribution in [-0.4, -0.2) is 26.3 Å². The number of amidine groups is 1. The Kier molecular flexibility index (Phi) is 3.03. The number of sulfonamides is 1. The second-order valence-electron chi connectivity index (χ2n) is 2.84. The number of hydrogen-bond acceptors (Lipinski definition) is 3. The van der Waals surface area contributed by atoms with E-state index in [4.69, 9.17) is 0 Å². The number of halogens is 3. The first-order chi connectivity index (χ1) is 6.33. The van der Waals surface area contributed by atoms with E-state index in [1.807, 2.05) is 0 Å². The van der Waals surface area contributed by atoms with Crippen molar-refractivity contribution in [3.05, 3.63) is 0 Å². The number of aliphatic imine (C=N–C) groups is 1. The monoisotopic (exact) mass is 230 g/mol. The van der Waals surface area contributed by atoms with Gasteiger partial charge >= 0.3 is 15.5 Å². The van der Waals surface area contributed by atoms with Gasteiger partial charge in [0.1, 0.15) is 5.84 Å². The zero-order chi connectivity index (χ0) is 10.8. The molecule has 1 rings (SSSR count). The third kappa shape index (κ3) is 2.60. The molecule has 4 nitrogen and oxygen atoms in total. The molecule has 8 heteroatoms. The van der Waals surface area contributed by atoms with E-state index in [1.54, 1.807) is 0 Å². The van der Waals surface area contributed by atoms with Crippen molar-refractivity contribution in [3.8, 4) is 0 Å². The van der Waals surface area contributed by atoms with Gasteiger partial charge in [-0.05, 0) is 12.8 Å². The van der Waals surface area contributed by atoms with Gasteiger partial charge in [0.2, 0.25) is 0 Å². The first kappa shape index (κ1) is 11.3. The fourth-order valence-corrected chi connectivity index (χ4v) is 1.59. The van der Waals surface area contributed by atoms with Gasteiger partial charge in [-0.2, -0.15) is 21.6 Å².